The van der Waals surface area contributed by atoms with Crippen molar-refractivity contribution in [2.24, 2.45) is 0 Å². The van der Waals surface area contributed by atoms with E-state index in [2.05, 4.69) is 20.4 Å². The summed E-state index contributed by atoms with van der Waals surface area (Å²) >= 11 is 1.36. The lowest BCUT2D eigenvalue weighted by molar-refractivity contribution is 0.0819. The van der Waals surface area contributed by atoms with E-state index in [0.717, 1.165) is 36.6 Å². The van der Waals surface area contributed by atoms with Gasteiger partial charge in [0.2, 0.25) is 5.13 Å². The number of nitrogens with one attached hydrogen (secondary N) is 1. The van der Waals surface area contributed by atoms with Crippen molar-refractivity contribution < 1.29 is 9.53 Å². The lowest BCUT2D eigenvalue weighted by Gasteiger charge is -2.33. The molecule has 1 aliphatic heterocycles. The Labute approximate surface area is 139 Å². The Morgan fingerprint density at radius 3 is 2.52 bits per heavy atom. The van der Waals surface area contributed by atoms with Gasteiger partial charge in [0.05, 0.1) is 6.10 Å². The molecule has 23 heavy (non-hydrogen) atoms. The zero-order valence-electron chi connectivity index (χ0n) is 13.3. The fraction of sp³-hybridized carbons (Fsp3) is 0.438. The van der Waals surface area contributed by atoms with E-state index in [1.54, 1.807) is 7.11 Å². The number of amides is 1. The van der Waals surface area contributed by atoms with Crippen molar-refractivity contribution in [3.05, 3.63) is 34.8 Å². The molecule has 2 aromatic rings. The zero-order valence-corrected chi connectivity index (χ0v) is 14.1. The predicted octanol–water partition coefficient (Wildman–Crippen LogP) is 2.71. The number of rotatable bonds is 4. The second-order valence-electron chi connectivity index (χ2n) is 5.55. The molecule has 1 amide bonds. The summed E-state index contributed by atoms with van der Waals surface area (Å²) < 4.78 is 5.39. The topological polar surface area (TPSA) is 67.3 Å². The first-order valence-electron chi connectivity index (χ1n) is 7.65. The van der Waals surface area contributed by atoms with Crippen molar-refractivity contribution in [1.82, 2.24) is 10.2 Å². The second kappa shape index (κ2) is 7.06. The number of nitrogens with zero attached hydrogens (tertiary/aromatic N) is 3. The number of carbonyl (C=O) groups is 1. The van der Waals surface area contributed by atoms with E-state index in [9.17, 15) is 4.79 Å². The van der Waals surface area contributed by atoms with Gasteiger partial charge in [-0.25, -0.2) is 0 Å². The first-order valence-corrected chi connectivity index (χ1v) is 8.46. The summed E-state index contributed by atoms with van der Waals surface area (Å²) in [6.45, 7) is 3.82. The van der Waals surface area contributed by atoms with Crippen LogP contribution >= 0.6 is 11.3 Å². The molecule has 0 spiro atoms. The molecular weight excluding hydrogens is 312 g/mol. The van der Waals surface area contributed by atoms with Gasteiger partial charge in [-0.2, -0.15) is 0 Å². The first kappa shape index (κ1) is 15.9. The molecule has 7 heteroatoms. The highest BCUT2D eigenvalue weighted by Crippen LogP contribution is 2.22. The molecule has 0 saturated carbocycles. The monoisotopic (exact) mass is 332 g/mol. The van der Waals surface area contributed by atoms with Crippen LogP contribution in [0.25, 0.3) is 0 Å². The number of aromatic nitrogens is 2. The number of benzene rings is 1. The molecule has 0 bridgehead atoms. The molecule has 122 valence electrons. The molecule has 3 rings (SSSR count). The van der Waals surface area contributed by atoms with Gasteiger partial charge in [-0.05, 0) is 44.0 Å². The number of methoxy groups -OCH3 is 1. The van der Waals surface area contributed by atoms with Crippen molar-refractivity contribution in [3.63, 3.8) is 0 Å². The highest BCUT2D eigenvalue weighted by atomic mass is 32.1. The molecule has 1 fully saturated rings. The average Bonchev–Trinajstić information content (AvgIpc) is 3.00. The summed E-state index contributed by atoms with van der Waals surface area (Å²) in [5.41, 5.74) is 1.76. The number of hydrogen-bond donors (Lipinski definition) is 1. The first-order chi connectivity index (χ1) is 11.2. The van der Waals surface area contributed by atoms with Crippen LogP contribution in [0.15, 0.2) is 24.3 Å². The summed E-state index contributed by atoms with van der Waals surface area (Å²) in [7, 11) is 1.77. The number of anilines is 2. The number of ether oxygens (including phenoxy) is 1. The van der Waals surface area contributed by atoms with Crippen molar-refractivity contribution in [2.75, 3.05) is 30.4 Å². The molecule has 2 heterocycles. The second-order valence-corrected chi connectivity index (χ2v) is 6.73. The molecule has 0 aliphatic carbocycles. The molecule has 1 aromatic heterocycles. The van der Waals surface area contributed by atoms with E-state index in [1.165, 1.54) is 11.3 Å². The fourth-order valence-corrected chi connectivity index (χ4v) is 3.28. The zero-order chi connectivity index (χ0) is 16.2. The highest BCUT2D eigenvalue weighted by molar-refractivity contribution is 7.15. The molecule has 1 aromatic carbocycles. The molecule has 0 atom stereocenters. The standard InChI is InChI=1S/C16H20N4O2S/c1-11-18-19-16(23-11)17-15(21)12-3-5-13(6-4-12)20-9-7-14(22-2)8-10-20/h3-6,14H,7-10H2,1-2H3,(H,17,19,21). The third-order valence-corrected chi connectivity index (χ3v) is 4.77. The van der Waals surface area contributed by atoms with Crippen LogP contribution in [0.1, 0.15) is 28.2 Å². The number of hydrogen-bond acceptors (Lipinski definition) is 6. The van der Waals surface area contributed by atoms with E-state index in [4.69, 9.17) is 4.74 Å². The van der Waals surface area contributed by atoms with Gasteiger partial charge in [-0.1, -0.05) is 11.3 Å². The highest BCUT2D eigenvalue weighted by Gasteiger charge is 2.19. The van der Waals surface area contributed by atoms with Gasteiger partial charge in [0, 0.05) is 31.5 Å². The Morgan fingerprint density at radius 1 is 1.26 bits per heavy atom. The van der Waals surface area contributed by atoms with Crippen molar-refractivity contribution >= 4 is 28.1 Å². The van der Waals surface area contributed by atoms with Gasteiger partial charge in [-0.3, -0.25) is 10.1 Å². The number of aryl methyl sites for hydroxylation is 1. The third kappa shape index (κ3) is 3.86. The molecule has 0 unspecified atom stereocenters. The summed E-state index contributed by atoms with van der Waals surface area (Å²) in [5.74, 6) is -0.161. The molecule has 0 radical (unpaired) electrons. The Bertz CT molecular complexity index is 663. The van der Waals surface area contributed by atoms with Gasteiger partial charge in [0.25, 0.3) is 5.91 Å². The number of carbonyl (C=O) groups excluding carboxylic acids is 1. The Balaban J connectivity index is 1.61. The maximum absolute atomic E-state index is 12.2. The van der Waals surface area contributed by atoms with Gasteiger partial charge in [-0.15, -0.1) is 10.2 Å². The quantitative estimate of drug-likeness (QED) is 0.932. The van der Waals surface area contributed by atoms with Crippen molar-refractivity contribution in [3.8, 4) is 0 Å². The van der Waals surface area contributed by atoms with Crippen LogP contribution < -0.4 is 10.2 Å². The summed E-state index contributed by atoms with van der Waals surface area (Å²) in [6.07, 6.45) is 2.44. The lowest BCUT2D eigenvalue weighted by Crippen LogP contribution is -2.36. The Morgan fingerprint density at radius 2 is 1.96 bits per heavy atom. The smallest absolute Gasteiger partial charge is 0.257 e. The predicted molar refractivity (Wildman–Crippen MR) is 91.3 cm³/mol. The van der Waals surface area contributed by atoms with Crippen LogP contribution in [-0.2, 0) is 4.74 Å². The van der Waals surface area contributed by atoms with Crippen LogP contribution in [0.2, 0.25) is 0 Å². The van der Waals surface area contributed by atoms with E-state index >= 15 is 0 Å². The molecule has 1 N–H and O–H groups in total. The van der Waals surface area contributed by atoms with Crippen LogP contribution in [0.3, 0.4) is 0 Å². The Kier molecular flexibility index (Phi) is 4.88. The van der Waals surface area contributed by atoms with E-state index in [1.807, 2.05) is 31.2 Å². The van der Waals surface area contributed by atoms with Crippen LogP contribution in [0.5, 0.6) is 0 Å². The van der Waals surface area contributed by atoms with Gasteiger partial charge in [0.1, 0.15) is 5.01 Å². The fourth-order valence-electron chi connectivity index (χ4n) is 2.69. The normalized spacial score (nSPS) is 15.7. The van der Waals surface area contributed by atoms with Crippen LogP contribution in [0.4, 0.5) is 10.8 Å². The minimum atomic E-state index is -0.161. The minimum Gasteiger partial charge on any atom is -0.381 e. The van der Waals surface area contributed by atoms with E-state index in [-0.39, 0.29) is 5.91 Å². The number of piperidine rings is 1. The largest absolute Gasteiger partial charge is 0.381 e. The van der Waals surface area contributed by atoms with Crippen molar-refractivity contribution in [2.45, 2.75) is 25.9 Å². The molecule has 1 saturated heterocycles. The molecular formula is C16H20N4O2S. The summed E-state index contributed by atoms with van der Waals surface area (Å²) in [4.78, 5) is 14.5. The summed E-state index contributed by atoms with van der Waals surface area (Å²) in [6, 6.07) is 7.68. The lowest BCUT2D eigenvalue weighted by atomic mass is 10.1. The Hall–Kier alpha value is -1.99. The minimum absolute atomic E-state index is 0.161. The summed E-state index contributed by atoms with van der Waals surface area (Å²) in [5, 5.41) is 11.9. The average molecular weight is 332 g/mol. The molecule has 6 nitrogen and oxygen atoms in total. The molecule has 1 aliphatic rings. The van der Waals surface area contributed by atoms with Crippen LogP contribution in [-0.4, -0.2) is 42.4 Å². The third-order valence-electron chi connectivity index (χ3n) is 4.02. The maximum atomic E-state index is 12.2. The van der Waals surface area contributed by atoms with Crippen LogP contribution in [0, 0.1) is 6.92 Å². The van der Waals surface area contributed by atoms with Gasteiger partial charge >= 0.3 is 0 Å². The van der Waals surface area contributed by atoms with E-state index < -0.39 is 0 Å². The maximum Gasteiger partial charge on any atom is 0.257 e. The SMILES string of the molecule is COC1CCN(c2ccc(C(=O)Nc3nnc(C)s3)cc2)CC1. The van der Waals surface area contributed by atoms with Gasteiger partial charge in [0.15, 0.2) is 0 Å². The van der Waals surface area contributed by atoms with Crippen molar-refractivity contribution in [1.29, 1.82) is 0 Å². The van der Waals surface area contributed by atoms with Gasteiger partial charge < -0.3 is 9.64 Å². The van der Waals surface area contributed by atoms with E-state index in [0.29, 0.717) is 16.8 Å².